The molecule has 18 heavy (non-hydrogen) atoms. The van der Waals surface area contributed by atoms with E-state index < -0.39 is 29.8 Å². The average molecular weight is 289 g/mol. The van der Waals surface area contributed by atoms with Crippen LogP contribution in [0.15, 0.2) is 18.2 Å². The van der Waals surface area contributed by atoms with Gasteiger partial charge in [-0.1, -0.05) is 6.07 Å². The summed E-state index contributed by atoms with van der Waals surface area (Å²) in [4.78, 5) is 0. The Balaban J connectivity index is 2.41. The molecule has 0 bridgehead atoms. The molecule has 1 atom stereocenters. The molecule has 0 amide bonds. The summed E-state index contributed by atoms with van der Waals surface area (Å²) in [5.41, 5.74) is 0.297. The minimum Gasteiger partial charge on any atom is -0.372 e. The summed E-state index contributed by atoms with van der Waals surface area (Å²) >= 11 is 5.83. The molecule has 0 spiro atoms. The van der Waals surface area contributed by atoms with Crippen molar-refractivity contribution in [3.8, 4) is 0 Å². The lowest BCUT2D eigenvalue weighted by atomic mass is 10.1. The molecule has 7 heteroatoms. The van der Waals surface area contributed by atoms with Crippen LogP contribution >= 0.6 is 11.6 Å². The van der Waals surface area contributed by atoms with E-state index in [4.69, 9.17) is 11.6 Å². The van der Waals surface area contributed by atoms with E-state index in [0.29, 0.717) is 5.56 Å². The molecule has 0 N–H and O–H groups in total. The van der Waals surface area contributed by atoms with Crippen molar-refractivity contribution >= 4 is 11.6 Å². The zero-order valence-electron chi connectivity index (χ0n) is 9.11. The Hall–Kier alpha value is -0.880. The molecule has 1 rings (SSSR count). The van der Waals surface area contributed by atoms with Gasteiger partial charge < -0.3 is 4.74 Å². The summed E-state index contributed by atoms with van der Waals surface area (Å²) in [6.07, 6.45) is -4.31. The molecule has 1 nitrogen and oxygen atoms in total. The molecule has 0 aliphatic rings. The van der Waals surface area contributed by atoms with Crippen LogP contribution in [0.25, 0.3) is 0 Å². The van der Waals surface area contributed by atoms with E-state index in [1.165, 1.54) is 6.07 Å². The predicted molar refractivity (Wildman–Crippen MR) is 56.4 cm³/mol. The number of ether oxygens (including phenoxy) is 1. The first-order valence-electron chi connectivity index (χ1n) is 5.03. The van der Waals surface area contributed by atoms with Crippen LogP contribution in [0.2, 0.25) is 0 Å². The SMILES string of the molecule is Fc1ccc(C(Cl)CCOCC(F)(F)F)cc1F. The molecule has 1 aromatic carbocycles. The van der Waals surface area contributed by atoms with Crippen LogP contribution < -0.4 is 0 Å². The van der Waals surface area contributed by atoms with Gasteiger partial charge in [-0.25, -0.2) is 8.78 Å². The van der Waals surface area contributed by atoms with E-state index in [1.54, 1.807) is 0 Å². The van der Waals surface area contributed by atoms with Crippen LogP contribution in [-0.2, 0) is 4.74 Å². The molecule has 0 aromatic heterocycles. The van der Waals surface area contributed by atoms with Crippen LogP contribution in [0.1, 0.15) is 17.4 Å². The Morgan fingerprint density at radius 3 is 2.39 bits per heavy atom. The zero-order chi connectivity index (χ0) is 13.8. The van der Waals surface area contributed by atoms with Gasteiger partial charge >= 0.3 is 6.18 Å². The van der Waals surface area contributed by atoms with Crippen LogP contribution in [0.5, 0.6) is 0 Å². The highest BCUT2D eigenvalue weighted by atomic mass is 35.5. The van der Waals surface area contributed by atoms with Gasteiger partial charge in [0.05, 0.1) is 5.38 Å². The average Bonchev–Trinajstić information content (AvgIpc) is 2.26. The number of alkyl halides is 4. The van der Waals surface area contributed by atoms with Gasteiger partial charge in [0.15, 0.2) is 11.6 Å². The second-order valence-corrected chi connectivity index (χ2v) is 4.12. The lowest BCUT2D eigenvalue weighted by Crippen LogP contribution is -2.17. The normalized spacial score (nSPS) is 13.7. The summed E-state index contributed by atoms with van der Waals surface area (Å²) in [5.74, 6) is -2.05. The summed E-state index contributed by atoms with van der Waals surface area (Å²) in [5, 5.41) is -0.728. The highest BCUT2D eigenvalue weighted by Gasteiger charge is 2.27. The highest BCUT2D eigenvalue weighted by Crippen LogP contribution is 2.25. The second-order valence-electron chi connectivity index (χ2n) is 3.60. The van der Waals surface area contributed by atoms with E-state index in [0.717, 1.165) is 12.1 Å². The summed E-state index contributed by atoms with van der Waals surface area (Å²) in [6, 6.07) is 3.10. The van der Waals surface area contributed by atoms with Crippen molar-refractivity contribution in [2.24, 2.45) is 0 Å². The second kappa shape index (κ2) is 6.33. The zero-order valence-corrected chi connectivity index (χ0v) is 9.86. The van der Waals surface area contributed by atoms with E-state index >= 15 is 0 Å². The Morgan fingerprint density at radius 1 is 1.17 bits per heavy atom. The Morgan fingerprint density at radius 2 is 1.83 bits per heavy atom. The third-order valence-corrected chi connectivity index (χ3v) is 2.56. The van der Waals surface area contributed by atoms with Crippen LogP contribution in [0.3, 0.4) is 0 Å². The molecular weight excluding hydrogens is 279 g/mol. The topological polar surface area (TPSA) is 9.23 Å². The standard InChI is InChI=1S/C11H10ClF5O/c12-8(3-4-18-6-11(15,16)17)7-1-2-9(13)10(14)5-7/h1-2,5,8H,3-4,6H2. The van der Waals surface area contributed by atoms with Gasteiger partial charge in [-0.2, -0.15) is 13.2 Å². The first kappa shape index (κ1) is 15.2. The molecule has 0 fully saturated rings. The molecule has 0 saturated heterocycles. The summed E-state index contributed by atoms with van der Waals surface area (Å²) < 4.78 is 65.1. The smallest absolute Gasteiger partial charge is 0.372 e. The third-order valence-electron chi connectivity index (χ3n) is 2.09. The van der Waals surface area contributed by atoms with Crippen molar-refractivity contribution in [3.63, 3.8) is 0 Å². The number of benzene rings is 1. The molecule has 1 aromatic rings. The highest BCUT2D eigenvalue weighted by molar-refractivity contribution is 6.20. The van der Waals surface area contributed by atoms with Crippen molar-refractivity contribution in [1.82, 2.24) is 0 Å². The fourth-order valence-electron chi connectivity index (χ4n) is 1.25. The molecule has 0 radical (unpaired) electrons. The van der Waals surface area contributed by atoms with E-state index in [2.05, 4.69) is 4.74 Å². The number of hydrogen-bond donors (Lipinski definition) is 0. The number of halogens is 6. The van der Waals surface area contributed by atoms with Gasteiger partial charge in [0.1, 0.15) is 6.61 Å². The lowest BCUT2D eigenvalue weighted by molar-refractivity contribution is -0.174. The molecule has 0 saturated carbocycles. The van der Waals surface area contributed by atoms with Gasteiger partial charge in [0.25, 0.3) is 0 Å². The van der Waals surface area contributed by atoms with Crippen molar-refractivity contribution in [2.75, 3.05) is 13.2 Å². The van der Waals surface area contributed by atoms with Gasteiger partial charge in [0, 0.05) is 6.61 Å². The Bertz CT molecular complexity index is 394. The summed E-state index contributed by atoms with van der Waals surface area (Å²) in [7, 11) is 0. The predicted octanol–water partition coefficient (Wildman–Crippen LogP) is 4.21. The van der Waals surface area contributed by atoms with Gasteiger partial charge in [-0.05, 0) is 24.1 Å². The summed E-state index contributed by atoms with van der Waals surface area (Å²) in [6.45, 7) is -1.57. The largest absolute Gasteiger partial charge is 0.411 e. The quantitative estimate of drug-likeness (QED) is 0.448. The Kier molecular flexibility index (Phi) is 5.34. The van der Waals surface area contributed by atoms with Crippen LogP contribution in [0, 0.1) is 11.6 Å². The number of hydrogen-bond acceptors (Lipinski definition) is 1. The van der Waals surface area contributed by atoms with Crippen molar-refractivity contribution in [1.29, 1.82) is 0 Å². The van der Waals surface area contributed by atoms with Crippen molar-refractivity contribution in [3.05, 3.63) is 35.4 Å². The monoisotopic (exact) mass is 288 g/mol. The van der Waals surface area contributed by atoms with Gasteiger partial charge in [-0.3, -0.25) is 0 Å². The van der Waals surface area contributed by atoms with Crippen LogP contribution in [-0.4, -0.2) is 19.4 Å². The third kappa shape index (κ3) is 5.18. The maximum absolute atomic E-state index is 12.9. The first-order chi connectivity index (χ1) is 8.29. The van der Waals surface area contributed by atoms with E-state index in [-0.39, 0.29) is 13.0 Å². The number of rotatable bonds is 5. The van der Waals surface area contributed by atoms with Gasteiger partial charge in [0.2, 0.25) is 0 Å². The maximum Gasteiger partial charge on any atom is 0.411 e. The molecule has 1 unspecified atom stereocenters. The fourth-order valence-corrected chi connectivity index (χ4v) is 1.47. The minimum atomic E-state index is -4.39. The van der Waals surface area contributed by atoms with E-state index in [9.17, 15) is 22.0 Å². The first-order valence-corrected chi connectivity index (χ1v) is 5.47. The molecule has 102 valence electrons. The van der Waals surface area contributed by atoms with Gasteiger partial charge in [-0.15, -0.1) is 11.6 Å². The Labute approximate surface area is 106 Å². The van der Waals surface area contributed by atoms with Crippen molar-refractivity contribution in [2.45, 2.75) is 18.0 Å². The molecular formula is C11H10ClF5O. The van der Waals surface area contributed by atoms with Crippen molar-refractivity contribution < 1.29 is 26.7 Å². The molecule has 0 heterocycles. The fraction of sp³-hybridized carbons (Fsp3) is 0.455. The lowest BCUT2D eigenvalue weighted by Gasteiger charge is -2.11. The van der Waals surface area contributed by atoms with Crippen LogP contribution in [0.4, 0.5) is 22.0 Å². The maximum atomic E-state index is 12.9. The minimum absolute atomic E-state index is 0.0721. The molecule has 0 aliphatic carbocycles. The molecule has 0 aliphatic heterocycles. The van der Waals surface area contributed by atoms with E-state index in [1.807, 2.05) is 0 Å².